The monoisotopic (exact) mass is 346 g/mol. The summed E-state index contributed by atoms with van der Waals surface area (Å²) in [5, 5.41) is 35.9. The first-order valence-electron chi connectivity index (χ1n) is 7.17. The van der Waals surface area contributed by atoms with Crippen LogP contribution in [0.3, 0.4) is 0 Å². The van der Waals surface area contributed by atoms with Crippen molar-refractivity contribution >= 4 is 11.0 Å². The Labute approximate surface area is 140 Å². The molecule has 0 atom stereocenters. The fraction of sp³-hybridized carbons (Fsp3) is 0.118. The molecule has 0 aliphatic heterocycles. The molecule has 0 aliphatic carbocycles. The molecule has 0 radical (unpaired) electrons. The molecule has 0 bridgehead atoms. The first-order chi connectivity index (χ1) is 11.9. The second kappa shape index (κ2) is 6.91. The van der Waals surface area contributed by atoms with Crippen LogP contribution in [0, 0.1) is 0 Å². The zero-order chi connectivity index (χ0) is 18.0. The highest BCUT2D eigenvalue weighted by molar-refractivity contribution is 5.86. The fourth-order valence-corrected chi connectivity index (χ4v) is 2.37. The average molecular weight is 346 g/mol. The van der Waals surface area contributed by atoms with Crippen LogP contribution < -0.4 is 14.9 Å². The Morgan fingerprint density at radius 1 is 0.880 bits per heavy atom. The molecule has 1 aromatic heterocycles. The van der Waals surface area contributed by atoms with E-state index in [4.69, 9.17) is 34.3 Å². The molecule has 0 saturated heterocycles. The van der Waals surface area contributed by atoms with Crippen molar-refractivity contribution in [2.75, 3.05) is 0 Å². The first kappa shape index (κ1) is 16.9. The molecule has 4 N–H and O–H groups in total. The third-order valence-corrected chi connectivity index (χ3v) is 3.30. The second-order valence-corrected chi connectivity index (χ2v) is 5.02. The van der Waals surface area contributed by atoms with Crippen LogP contribution in [-0.4, -0.2) is 33.4 Å². The van der Waals surface area contributed by atoms with Crippen molar-refractivity contribution in [2.24, 2.45) is 0 Å². The molecule has 0 spiro atoms. The van der Waals surface area contributed by atoms with Gasteiger partial charge in [-0.05, 0) is 0 Å². The maximum Gasteiger partial charge on any atom is 0.310 e. The van der Waals surface area contributed by atoms with Gasteiger partial charge in [-0.2, -0.15) is 0 Å². The van der Waals surface area contributed by atoms with Crippen molar-refractivity contribution in [2.45, 2.75) is 13.0 Å². The largest absolute Gasteiger partial charge is 0.456 e. The van der Waals surface area contributed by atoms with Gasteiger partial charge in [0.1, 0.15) is 28.2 Å². The maximum atomic E-state index is 12.5. The predicted octanol–water partition coefficient (Wildman–Crippen LogP) is 0.754. The van der Waals surface area contributed by atoms with E-state index < -0.39 is 18.4 Å². The highest BCUT2D eigenvalue weighted by atomic mass is 16.7. The van der Waals surface area contributed by atoms with Crippen LogP contribution in [0.1, 0.15) is 0 Å². The van der Waals surface area contributed by atoms with Crippen LogP contribution in [0.15, 0.2) is 57.7 Å². The van der Waals surface area contributed by atoms with Crippen molar-refractivity contribution in [3.05, 3.63) is 58.8 Å². The van der Waals surface area contributed by atoms with E-state index in [9.17, 15) is 4.79 Å². The van der Waals surface area contributed by atoms with Crippen LogP contribution >= 0.6 is 0 Å². The zero-order valence-electron chi connectivity index (χ0n) is 12.7. The smallest absolute Gasteiger partial charge is 0.310 e. The van der Waals surface area contributed by atoms with Crippen LogP contribution in [0.25, 0.3) is 22.3 Å². The number of aliphatic hydroxyl groups excluding tert-OH is 2. The van der Waals surface area contributed by atoms with E-state index in [0.717, 1.165) is 6.07 Å². The van der Waals surface area contributed by atoms with E-state index in [2.05, 4.69) is 0 Å². The lowest BCUT2D eigenvalue weighted by atomic mass is 10.1. The molecule has 25 heavy (non-hydrogen) atoms. The van der Waals surface area contributed by atoms with E-state index in [1.165, 1.54) is 12.1 Å². The Morgan fingerprint density at radius 2 is 1.56 bits per heavy atom. The van der Waals surface area contributed by atoms with E-state index in [-0.39, 0.29) is 28.2 Å². The lowest BCUT2D eigenvalue weighted by Crippen LogP contribution is -2.17. The van der Waals surface area contributed by atoms with Gasteiger partial charge in [-0.3, -0.25) is 4.79 Å². The third-order valence-electron chi connectivity index (χ3n) is 3.30. The minimum absolute atomic E-state index is 0.0140. The molecule has 3 rings (SSSR count). The molecule has 8 heteroatoms. The molecule has 2 aromatic carbocycles. The molecule has 0 fully saturated rings. The van der Waals surface area contributed by atoms with Gasteiger partial charge in [-0.25, -0.2) is 0 Å². The van der Waals surface area contributed by atoms with Gasteiger partial charge in [0.2, 0.25) is 0 Å². The second-order valence-electron chi connectivity index (χ2n) is 5.02. The highest BCUT2D eigenvalue weighted by Crippen LogP contribution is 2.32. The Morgan fingerprint density at radius 3 is 2.20 bits per heavy atom. The molecular formula is C17H14O8. The zero-order valence-corrected chi connectivity index (χ0v) is 12.7. The van der Waals surface area contributed by atoms with Crippen molar-refractivity contribution in [1.82, 2.24) is 0 Å². The Bertz CT molecular complexity index is 931. The molecule has 0 saturated carbocycles. The Hall–Kier alpha value is -2.91. The summed E-state index contributed by atoms with van der Waals surface area (Å²) in [7, 11) is 0. The van der Waals surface area contributed by atoms with E-state index >= 15 is 0 Å². The molecule has 130 valence electrons. The standard InChI is InChI=1S/C17H14O8/c18-11-8-12(9-4-2-1-3-5-9)24-13-6-10(23-16(19)20)7-14(15(11)13)25-17(21)22/h1-8,16-17,19-22H. The maximum absolute atomic E-state index is 12.5. The first-order valence-corrected chi connectivity index (χ1v) is 7.17. The van der Waals surface area contributed by atoms with Crippen molar-refractivity contribution in [3.63, 3.8) is 0 Å². The number of ether oxygens (including phenoxy) is 2. The van der Waals surface area contributed by atoms with Gasteiger partial charge in [0.15, 0.2) is 5.43 Å². The van der Waals surface area contributed by atoms with Crippen LogP contribution in [-0.2, 0) is 0 Å². The van der Waals surface area contributed by atoms with Crippen LogP contribution in [0.2, 0.25) is 0 Å². The van der Waals surface area contributed by atoms with Gasteiger partial charge in [0, 0.05) is 23.8 Å². The average Bonchev–Trinajstić information content (AvgIpc) is 2.53. The summed E-state index contributed by atoms with van der Waals surface area (Å²) in [6, 6.07) is 12.5. The molecule has 0 unspecified atom stereocenters. The van der Waals surface area contributed by atoms with Gasteiger partial charge in [0.25, 0.3) is 0 Å². The summed E-state index contributed by atoms with van der Waals surface area (Å²) in [4.78, 5) is 12.5. The van der Waals surface area contributed by atoms with Crippen LogP contribution in [0.5, 0.6) is 11.5 Å². The highest BCUT2D eigenvalue weighted by Gasteiger charge is 2.17. The van der Waals surface area contributed by atoms with Gasteiger partial charge in [0.05, 0.1) is 0 Å². The minimum Gasteiger partial charge on any atom is -0.456 e. The SMILES string of the molecule is O=c1cc(-c2ccccc2)oc2cc(OC(O)O)cc(OC(O)O)c12. The van der Waals surface area contributed by atoms with Crippen molar-refractivity contribution < 1.29 is 34.3 Å². The number of aliphatic hydroxyl groups is 4. The molecule has 8 nitrogen and oxygen atoms in total. The molecular weight excluding hydrogens is 332 g/mol. The summed E-state index contributed by atoms with van der Waals surface area (Å²) in [6.07, 6.45) is 0. The number of benzene rings is 2. The van der Waals surface area contributed by atoms with E-state index in [0.29, 0.717) is 5.56 Å². The molecule has 0 amide bonds. The Balaban J connectivity index is 2.22. The molecule has 0 aliphatic rings. The summed E-state index contributed by atoms with van der Waals surface area (Å²) in [6.45, 7) is -4.31. The van der Waals surface area contributed by atoms with Gasteiger partial charge in [-0.1, -0.05) is 30.3 Å². The van der Waals surface area contributed by atoms with Crippen LogP contribution in [0.4, 0.5) is 0 Å². The van der Waals surface area contributed by atoms with Gasteiger partial charge < -0.3 is 34.3 Å². The summed E-state index contributed by atoms with van der Waals surface area (Å²) in [5.74, 6) is -0.0710. The van der Waals surface area contributed by atoms with Crippen molar-refractivity contribution in [1.29, 1.82) is 0 Å². The number of fused-ring (bicyclic) bond motifs is 1. The van der Waals surface area contributed by atoms with E-state index in [1.54, 1.807) is 24.3 Å². The molecule has 3 aromatic rings. The Kier molecular flexibility index (Phi) is 4.68. The third kappa shape index (κ3) is 3.78. The predicted molar refractivity (Wildman–Crippen MR) is 85.6 cm³/mol. The normalized spacial score (nSPS) is 11.3. The number of hydrogen-bond donors (Lipinski definition) is 4. The number of hydrogen-bond acceptors (Lipinski definition) is 8. The topological polar surface area (TPSA) is 130 Å². The van der Waals surface area contributed by atoms with Gasteiger partial charge >= 0.3 is 13.0 Å². The lowest BCUT2D eigenvalue weighted by Gasteiger charge is -2.14. The molecule has 1 heterocycles. The summed E-state index contributed by atoms with van der Waals surface area (Å²) >= 11 is 0. The number of rotatable bonds is 5. The summed E-state index contributed by atoms with van der Waals surface area (Å²) < 4.78 is 15.2. The van der Waals surface area contributed by atoms with E-state index in [1.807, 2.05) is 6.07 Å². The van der Waals surface area contributed by atoms with Crippen molar-refractivity contribution in [3.8, 4) is 22.8 Å². The lowest BCUT2D eigenvalue weighted by molar-refractivity contribution is -0.181. The quantitative estimate of drug-likeness (QED) is 0.498. The fourth-order valence-electron chi connectivity index (χ4n) is 2.37. The summed E-state index contributed by atoms with van der Waals surface area (Å²) in [5.41, 5.74) is 0.187. The minimum atomic E-state index is -2.19. The van der Waals surface area contributed by atoms with Gasteiger partial charge in [-0.15, -0.1) is 0 Å².